The quantitative estimate of drug-likeness (QED) is 0.663. The van der Waals surface area contributed by atoms with Gasteiger partial charge in [0, 0.05) is 17.9 Å². The molecule has 0 bridgehead atoms. The number of furan rings is 1. The maximum absolute atomic E-state index is 6.16. The molecule has 2 aromatic rings. The van der Waals surface area contributed by atoms with Gasteiger partial charge in [-0.2, -0.15) is 0 Å². The highest BCUT2D eigenvalue weighted by molar-refractivity contribution is 7.99. The van der Waals surface area contributed by atoms with Crippen molar-refractivity contribution in [2.24, 2.45) is 5.73 Å². The van der Waals surface area contributed by atoms with Crippen LogP contribution in [0.25, 0.3) is 0 Å². The first-order valence-electron chi connectivity index (χ1n) is 5.96. The van der Waals surface area contributed by atoms with Crippen LogP contribution in [0.15, 0.2) is 40.2 Å². The molecule has 2 atom stereocenters. The van der Waals surface area contributed by atoms with E-state index in [1.807, 2.05) is 25.1 Å². The molecule has 0 radical (unpaired) electrons. The Morgan fingerprint density at radius 1 is 1.44 bits per heavy atom. The standard InChI is InChI=1S/C13H17N3OS/c1-3-10(14)12(11-5-4-8-17-11)18-13-15-7-6-9(2)16-13/h4-8,10,12H,3,14H2,1-2H3. The molecule has 2 heterocycles. The third-order valence-corrected chi connectivity index (χ3v) is 3.93. The van der Waals surface area contributed by atoms with Gasteiger partial charge >= 0.3 is 0 Å². The van der Waals surface area contributed by atoms with Gasteiger partial charge in [0.2, 0.25) is 0 Å². The molecule has 0 saturated carbocycles. The largest absolute Gasteiger partial charge is 0.468 e. The van der Waals surface area contributed by atoms with Crippen LogP contribution in [0.5, 0.6) is 0 Å². The zero-order valence-corrected chi connectivity index (χ0v) is 11.4. The number of hydrogen-bond donors (Lipinski definition) is 1. The van der Waals surface area contributed by atoms with Crippen LogP contribution >= 0.6 is 11.8 Å². The van der Waals surface area contributed by atoms with Crippen molar-refractivity contribution < 1.29 is 4.42 Å². The topological polar surface area (TPSA) is 64.9 Å². The number of nitrogens with zero attached hydrogens (tertiary/aromatic N) is 2. The van der Waals surface area contributed by atoms with Crippen LogP contribution in [-0.4, -0.2) is 16.0 Å². The Morgan fingerprint density at radius 3 is 2.89 bits per heavy atom. The molecular formula is C13H17N3OS. The number of nitrogens with two attached hydrogens (primary N) is 1. The highest BCUT2D eigenvalue weighted by Gasteiger charge is 2.23. The summed E-state index contributed by atoms with van der Waals surface area (Å²) < 4.78 is 5.46. The number of aryl methyl sites for hydroxylation is 1. The molecule has 0 spiro atoms. The first kappa shape index (κ1) is 13.1. The van der Waals surface area contributed by atoms with E-state index in [4.69, 9.17) is 10.2 Å². The van der Waals surface area contributed by atoms with Gasteiger partial charge in [-0.25, -0.2) is 9.97 Å². The van der Waals surface area contributed by atoms with E-state index in [1.54, 1.807) is 24.2 Å². The van der Waals surface area contributed by atoms with Gasteiger partial charge in [-0.05, 0) is 31.5 Å². The van der Waals surface area contributed by atoms with Gasteiger partial charge in [-0.15, -0.1) is 0 Å². The van der Waals surface area contributed by atoms with Gasteiger partial charge in [0.15, 0.2) is 5.16 Å². The van der Waals surface area contributed by atoms with E-state index < -0.39 is 0 Å². The van der Waals surface area contributed by atoms with E-state index >= 15 is 0 Å². The Bertz CT molecular complexity index is 487. The van der Waals surface area contributed by atoms with Crippen molar-refractivity contribution in [3.8, 4) is 0 Å². The van der Waals surface area contributed by atoms with E-state index in [1.165, 1.54) is 0 Å². The predicted octanol–water partition coefficient (Wildman–Crippen LogP) is 2.95. The second-order valence-corrected chi connectivity index (χ2v) is 5.22. The number of rotatable bonds is 5. The Kier molecular flexibility index (Phi) is 4.38. The summed E-state index contributed by atoms with van der Waals surface area (Å²) in [5.74, 6) is 0.874. The molecule has 0 amide bonds. The average molecular weight is 263 g/mol. The fraction of sp³-hybridized carbons (Fsp3) is 0.385. The molecular weight excluding hydrogens is 246 g/mol. The van der Waals surface area contributed by atoms with E-state index in [2.05, 4.69) is 16.9 Å². The van der Waals surface area contributed by atoms with Crippen molar-refractivity contribution >= 4 is 11.8 Å². The van der Waals surface area contributed by atoms with Crippen molar-refractivity contribution in [2.45, 2.75) is 36.7 Å². The highest BCUT2D eigenvalue weighted by atomic mass is 32.2. The minimum absolute atomic E-state index is 0.0188. The van der Waals surface area contributed by atoms with Gasteiger partial charge in [0.25, 0.3) is 0 Å². The molecule has 0 aliphatic carbocycles. The van der Waals surface area contributed by atoms with E-state index in [0.717, 1.165) is 23.0 Å². The monoisotopic (exact) mass is 263 g/mol. The van der Waals surface area contributed by atoms with Crippen LogP contribution in [0.4, 0.5) is 0 Å². The fourth-order valence-electron chi connectivity index (χ4n) is 1.62. The maximum atomic E-state index is 6.16. The zero-order chi connectivity index (χ0) is 13.0. The highest BCUT2D eigenvalue weighted by Crippen LogP contribution is 2.36. The first-order valence-corrected chi connectivity index (χ1v) is 6.84. The Morgan fingerprint density at radius 2 is 2.28 bits per heavy atom. The van der Waals surface area contributed by atoms with E-state index in [0.29, 0.717) is 0 Å². The molecule has 0 aliphatic rings. The average Bonchev–Trinajstić information content (AvgIpc) is 2.89. The Hall–Kier alpha value is -1.33. The Balaban J connectivity index is 2.20. The smallest absolute Gasteiger partial charge is 0.188 e. The minimum atomic E-state index is 0.0188. The van der Waals surface area contributed by atoms with Crippen molar-refractivity contribution in [1.29, 1.82) is 0 Å². The fourth-order valence-corrected chi connectivity index (χ4v) is 2.78. The lowest BCUT2D eigenvalue weighted by atomic mass is 10.1. The summed E-state index contributed by atoms with van der Waals surface area (Å²) in [5, 5.41) is 0.784. The molecule has 2 N–H and O–H groups in total. The van der Waals surface area contributed by atoms with Crippen molar-refractivity contribution in [3.05, 3.63) is 42.1 Å². The lowest BCUT2D eigenvalue weighted by molar-refractivity contribution is 0.473. The number of aromatic nitrogens is 2. The number of thioether (sulfide) groups is 1. The van der Waals surface area contributed by atoms with E-state index in [9.17, 15) is 0 Å². The van der Waals surface area contributed by atoms with Crippen LogP contribution in [0.2, 0.25) is 0 Å². The normalized spacial score (nSPS) is 14.4. The van der Waals surface area contributed by atoms with Crippen LogP contribution in [-0.2, 0) is 0 Å². The van der Waals surface area contributed by atoms with Gasteiger partial charge in [-0.1, -0.05) is 18.7 Å². The molecule has 96 valence electrons. The molecule has 4 nitrogen and oxygen atoms in total. The van der Waals surface area contributed by atoms with Gasteiger partial charge < -0.3 is 10.2 Å². The minimum Gasteiger partial charge on any atom is -0.468 e. The molecule has 18 heavy (non-hydrogen) atoms. The predicted molar refractivity (Wildman–Crippen MR) is 72.3 cm³/mol. The molecule has 2 unspecified atom stereocenters. The van der Waals surface area contributed by atoms with E-state index in [-0.39, 0.29) is 11.3 Å². The second kappa shape index (κ2) is 6.02. The molecule has 0 saturated heterocycles. The summed E-state index contributed by atoms with van der Waals surface area (Å²) in [6.45, 7) is 4.02. The van der Waals surface area contributed by atoms with Gasteiger partial charge in [0.1, 0.15) is 5.76 Å². The summed E-state index contributed by atoms with van der Waals surface area (Å²) in [7, 11) is 0. The summed E-state index contributed by atoms with van der Waals surface area (Å²) in [5.41, 5.74) is 7.11. The van der Waals surface area contributed by atoms with Gasteiger partial charge in [0.05, 0.1) is 11.5 Å². The molecule has 2 rings (SSSR count). The third kappa shape index (κ3) is 3.11. The van der Waals surface area contributed by atoms with Crippen LogP contribution in [0.3, 0.4) is 0 Å². The zero-order valence-electron chi connectivity index (χ0n) is 10.5. The summed E-state index contributed by atoms with van der Waals surface area (Å²) >= 11 is 1.55. The lowest BCUT2D eigenvalue weighted by Gasteiger charge is -2.19. The van der Waals surface area contributed by atoms with Crippen molar-refractivity contribution in [1.82, 2.24) is 9.97 Å². The first-order chi connectivity index (χ1) is 8.70. The maximum Gasteiger partial charge on any atom is 0.188 e. The lowest BCUT2D eigenvalue weighted by Crippen LogP contribution is -2.25. The van der Waals surface area contributed by atoms with Crippen molar-refractivity contribution in [3.63, 3.8) is 0 Å². The van der Waals surface area contributed by atoms with Crippen LogP contribution in [0, 0.1) is 6.92 Å². The van der Waals surface area contributed by atoms with Gasteiger partial charge in [-0.3, -0.25) is 0 Å². The second-order valence-electron chi connectivity index (χ2n) is 4.11. The number of hydrogen-bond acceptors (Lipinski definition) is 5. The van der Waals surface area contributed by atoms with Crippen LogP contribution < -0.4 is 5.73 Å². The molecule has 0 aliphatic heterocycles. The van der Waals surface area contributed by atoms with Crippen molar-refractivity contribution in [2.75, 3.05) is 0 Å². The van der Waals surface area contributed by atoms with Crippen LogP contribution in [0.1, 0.15) is 30.0 Å². The summed E-state index contributed by atoms with van der Waals surface area (Å²) in [6, 6.07) is 5.72. The summed E-state index contributed by atoms with van der Waals surface area (Å²) in [4.78, 5) is 8.65. The molecule has 0 fully saturated rings. The summed E-state index contributed by atoms with van der Waals surface area (Å²) in [6.07, 6.45) is 4.31. The Labute approximate surface area is 111 Å². The third-order valence-electron chi connectivity index (χ3n) is 2.69. The molecule has 5 heteroatoms. The molecule has 0 aromatic carbocycles. The SMILES string of the molecule is CCC(N)C(Sc1nccc(C)n1)c1ccco1. The molecule has 2 aromatic heterocycles.